The molecule has 1 heterocycles. The number of imide groups is 1. The predicted octanol–water partition coefficient (Wildman–Crippen LogP) is -0.194. The van der Waals surface area contributed by atoms with E-state index in [0.29, 0.717) is 19.0 Å². The van der Waals surface area contributed by atoms with Gasteiger partial charge in [-0.15, -0.1) is 0 Å². The van der Waals surface area contributed by atoms with Crippen LogP contribution in [0.2, 0.25) is 6.04 Å². The molecule has 3 amide bonds. The summed E-state index contributed by atoms with van der Waals surface area (Å²) in [6.07, 6.45) is 0.669. The Balaban J connectivity index is 2.36. The standard InChI is InChI=1S/C9H18N2O5Si/c1-14-17(15-2,16-3)6-4-5-11-7-8(12)10-9(11)13/h4-7H2,1-3H3,(H,10,12,13). The van der Waals surface area contributed by atoms with E-state index in [-0.39, 0.29) is 18.5 Å². The molecule has 17 heavy (non-hydrogen) atoms. The molecule has 8 heteroatoms. The highest BCUT2D eigenvalue weighted by molar-refractivity contribution is 6.60. The van der Waals surface area contributed by atoms with Gasteiger partial charge in [0.1, 0.15) is 6.54 Å². The van der Waals surface area contributed by atoms with Crippen LogP contribution >= 0.6 is 0 Å². The zero-order chi connectivity index (χ0) is 12.9. The smallest absolute Gasteiger partial charge is 0.377 e. The second-order valence-electron chi connectivity index (χ2n) is 3.67. The zero-order valence-electron chi connectivity index (χ0n) is 10.3. The van der Waals surface area contributed by atoms with Crippen LogP contribution in [0.25, 0.3) is 0 Å². The van der Waals surface area contributed by atoms with Gasteiger partial charge in [-0.25, -0.2) is 4.79 Å². The molecule has 0 unspecified atom stereocenters. The molecule has 1 aliphatic heterocycles. The molecule has 1 saturated heterocycles. The molecule has 1 aliphatic rings. The van der Waals surface area contributed by atoms with Crippen LogP contribution in [0.15, 0.2) is 0 Å². The van der Waals surface area contributed by atoms with Crippen molar-refractivity contribution in [2.75, 3.05) is 34.4 Å². The van der Waals surface area contributed by atoms with Gasteiger partial charge in [0.05, 0.1) is 0 Å². The van der Waals surface area contributed by atoms with Gasteiger partial charge in [0.15, 0.2) is 0 Å². The fourth-order valence-corrected chi connectivity index (χ4v) is 3.41. The summed E-state index contributed by atoms with van der Waals surface area (Å²) in [5.74, 6) is -0.260. The van der Waals surface area contributed by atoms with E-state index in [1.54, 1.807) is 21.3 Å². The highest BCUT2D eigenvalue weighted by Gasteiger charge is 2.37. The Morgan fingerprint density at radius 1 is 1.24 bits per heavy atom. The Bertz CT molecular complexity index is 287. The van der Waals surface area contributed by atoms with Gasteiger partial charge in [-0.2, -0.15) is 0 Å². The molecule has 0 aromatic rings. The number of carbonyl (C=O) groups is 2. The molecule has 0 aromatic carbocycles. The van der Waals surface area contributed by atoms with Crippen molar-refractivity contribution in [2.24, 2.45) is 0 Å². The maximum Gasteiger partial charge on any atom is 0.500 e. The van der Waals surface area contributed by atoms with Crippen LogP contribution in [-0.2, 0) is 18.1 Å². The maximum atomic E-state index is 11.3. The molecule has 0 bridgehead atoms. The first-order valence-electron chi connectivity index (χ1n) is 5.31. The van der Waals surface area contributed by atoms with Crippen molar-refractivity contribution < 1.29 is 22.9 Å². The van der Waals surface area contributed by atoms with Crippen molar-refractivity contribution in [2.45, 2.75) is 12.5 Å². The molecule has 0 saturated carbocycles. The van der Waals surface area contributed by atoms with Crippen LogP contribution in [0.1, 0.15) is 6.42 Å². The minimum absolute atomic E-state index is 0.125. The number of nitrogens with one attached hydrogen (secondary N) is 1. The van der Waals surface area contributed by atoms with Crippen molar-refractivity contribution in [1.82, 2.24) is 10.2 Å². The third-order valence-corrected chi connectivity index (χ3v) is 5.54. The van der Waals surface area contributed by atoms with Crippen LogP contribution in [0.4, 0.5) is 4.79 Å². The molecule has 0 radical (unpaired) electrons. The lowest BCUT2D eigenvalue weighted by molar-refractivity contribution is -0.118. The molecular formula is C9H18N2O5Si. The average molecular weight is 262 g/mol. The van der Waals surface area contributed by atoms with Crippen molar-refractivity contribution in [3.05, 3.63) is 0 Å². The maximum absolute atomic E-state index is 11.3. The normalized spacial score (nSPS) is 16.5. The molecule has 1 fully saturated rings. The van der Waals surface area contributed by atoms with Gasteiger partial charge in [0.2, 0.25) is 5.91 Å². The van der Waals surface area contributed by atoms with Crippen LogP contribution < -0.4 is 5.32 Å². The zero-order valence-corrected chi connectivity index (χ0v) is 11.3. The predicted molar refractivity (Wildman–Crippen MR) is 61.3 cm³/mol. The topological polar surface area (TPSA) is 77.1 Å². The lowest BCUT2D eigenvalue weighted by Crippen LogP contribution is -2.43. The summed E-state index contributed by atoms with van der Waals surface area (Å²) >= 11 is 0. The van der Waals surface area contributed by atoms with Crippen molar-refractivity contribution in [3.8, 4) is 0 Å². The minimum atomic E-state index is -2.57. The SMILES string of the molecule is CO[Si](CCCN1CC(=O)NC1=O)(OC)OC. The first kappa shape index (κ1) is 14.1. The molecule has 7 nitrogen and oxygen atoms in total. The largest absolute Gasteiger partial charge is 0.500 e. The number of urea groups is 1. The van der Waals surface area contributed by atoms with E-state index in [1.807, 2.05) is 0 Å². The summed E-state index contributed by atoms with van der Waals surface area (Å²) in [6, 6.07) is 0.267. The summed E-state index contributed by atoms with van der Waals surface area (Å²) in [4.78, 5) is 23.7. The van der Waals surface area contributed by atoms with E-state index >= 15 is 0 Å². The Morgan fingerprint density at radius 2 is 1.82 bits per heavy atom. The summed E-state index contributed by atoms with van der Waals surface area (Å²) < 4.78 is 15.8. The Hall–Kier alpha value is -0.963. The van der Waals surface area contributed by atoms with Crippen molar-refractivity contribution in [1.29, 1.82) is 0 Å². The van der Waals surface area contributed by atoms with Crippen LogP contribution in [0.3, 0.4) is 0 Å². The Labute approximate surface area is 101 Å². The Kier molecular flexibility index (Phi) is 5.06. The van der Waals surface area contributed by atoms with Crippen molar-refractivity contribution >= 4 is 20.7 Å². The third-order valence-electron chi connectivity index (χ3n) is 2.71. The third kappa shape index (κ3) is 3.50. The summed E-state index contributed by atoms with van der Waals surface area (Å²) in [5, 5.41) is 2.22. The van der Waals surface area contributed by atoms with Gasteiger partial charge in [0, 0.05) is 33.9 Å². The number of rotatable bonds is 7. The first-order chi connectivity index (χ1) is 8.06. The number of hydrogen-bond donors (Lipinski definition) is 1. The molecule has 98 valence electrons. The lowest BCUT2D eigenvalue weighted by atomic mass is 10.4. The molecular weight excluding hydrogens is 244 g/mol. The summed E-state index contributed by atoms with van der Waals surface area (Å²) in [7, 11) is 2.07. The fourth-order valence-electron chi connectivity index (χ4n) is 1.71. The fraction of sp³-hybridized carbons (Fsp3) is 0.778. The Morgan fingerprint density at radius 3 is 2.24 bits per heavy atom. The molecule has 0 atom stereocenters. The van der Waals surface area contributed by atoms with E-state index < -0.39 is 8.80 Å². The van der Waals surface area contributed by atoms with E-state index in [4.69, 9.17) is 13.3 Å². The highest BCUT2D eigenvalue weighted by Crippen LogP contribution is 2.15. The second-order valence-corrected chi connectivity index (χ2v) is 6.76. The van der Waals surface area contributed by atoms with Crippen LogP contribution in [0, 0.1) is 0 Å². The lowest BCUT2D eigenvalue weighted by Gasteiger charge is -2.25. The van der Waals surface area contributed by atoms with Crippen LogP contribution in [-0.4, -0.2) is 60.1 Å². The van der Waals surface area contributed by atoms with E-state index in [0.717, 1.165) is 0 Å². The van der Waals surface area contributed by atoms with E-state index in [9.17, 15) is 9.59 Å². The number of hydrogen-bond acceptors (Lipinski definition) is 5. The number of carbonyl (C=O) groups excluding carboxylic acids is 2. The highest BCUT2D eigenvalue weighted by atomic mass is 28.4. The molecule has 0 spiro atoms. The monoisotopic (exact) mass is 262 g/mol. The van der Waals surface area contributed by atoms with Crippen LogP contribution in [0.5, 0.6) is 0 Å². The summed E-state index contributed by atoms with van der Waals surface area (Å²) in [6.45, 7) is 0.614. The van der Waals surface area contributed by atoms with Gasteiger partial charge in [-0.3, -0.25) is 10.1 Å². The van der Waals surface area contributed by atoms with Gasteiger partial charge >= 0.3 is 14.8 Å². The molecule has 1 rings (SSSR count). The number of nitrogens with zero attached hydrogens (tertiary/aromatic N) is 1. The molecule has 1 N–H and O–H groups in total. The van der Waals surface area contributed by atoms with E-state index in [1.165, 1.54) is 4.90 Å². The number of amides is 3. The quantitative estimate of drug-likeness (QED) is 0.508. The summed E-state index contributed by atoms with van der Waals surface area (Å²) in [5.41, 5.74) is 0. The van der Waals surface area contributed by atoms with E-state index in [2.05, 4.69) is 5.32 Å². The molecule has 0 aromatic heterocycles. The molecule has 0 aliphatic carbocycles. The van der Waals surface area contributed by atoms with Gasteiger partial charge in [0.25, 0.3) is 0 Å². The van der Waals surface area contributed by atoms with Gasteiger partial charge in [-0.1, -0.05) is 0 Å². The average Bonchev–Trinajstić information content (AvgIpc) is 2.64. The van der Waals surface area contributed by atoms with Gasteiger partial charge < -0.3 is 18.2 Å². The van der Waals surface area contributed by atoms with Gasteiger partial charge in [-0.05, 0) is 6.42 Å². The second kappa shape index (κ2) is 6.10. The minimum Gasteiger partial charge on any atom is -0.377 e. The van der Waals surface area contributed by atoms with Crippen molar-refractivity contribution in [3.63, 3.8) is 0 Å². The first-order valence-corrected chi connectivity index (χ1v) is 7.24.